The van der Waals surface area contributed by atoms with Gasteiger partial charge in [0, 0.05) is 0 Å². The Morgan fingerprint density at radius 1 is 0.431 bits per heavy atom. The SMILES string of the molecule is CCC(c1cc(C(C)(C)C)c(O)c(C(C)(C)C)c1)S(=O)(=O)O.CCC(c1cc(C(C)(C)C)c(O)c(C(C)(C)C)c1)S(=O)(=O)O.Oc1ccccc1.Oc1ccccc1. The van der Waals surface area contributed by atoms with Crippen molar-refractivity contribution in [2.24, 2.45) is 0 Å². The third kappa shape index (κ3) is 15.9. The van der Waals surface area contributed by atoms with Crippen LogP contribution in [0.5, 0.6) is 23.0 Å². The first-order valence-electron chi connectivity index (χ1n) is 19.3. The molecule has 6 N–H and O–H groups in total. The highest BCUT2D eigenvalue weighted by molar-refractivity contribution is 7.86. The second-order valence-corrected chi connectivity index (χ2v) is 21.6. The molecule has 0 radical (unpaired) electrons. The Morgan fingerprint density at radius 3 is 0.759 bits per heavy atom. The van der Waals surface area contributed by atoms with Gasteiger partial charge in [-0.1, -0.05) is 158 Å². The second kappa shape index (κ2) is 20.2. The van der Waals surface area contributed by atoms with Crippen molar-refractivity contribution in [2.75, 3.05) is 0 Å². The summed E-state index contributed by atoms with van der Waals surface area (Å²) in [6.45, 7) is 27.0. The average molecular weight is 845 g/mol. The molecule has 0 heterocycles. The van der Waals surface area contributed by atoms with Crippen molar-refractivity contribution in [3.05, 3.63) is 118 Å². The van der Waals surface area contributed by atoms with E-state index in [-0.39, 0.29) is 46.0 Å². The molecule has 0 aliphatic carbocycles. The fourth-order valence-corrected chi connectivity index (χ4v) is 7.87. The molecule has 0 aliphatic rings. The first-order valence-corrected chi connectivity index (χ1v) is 22.3. The van der Waals surface area contributed by atoms with E-state index in [0.717, 1.165) is 0 Å². The van der Waals surface area contributed by atoms with Gasteiger partial charge in [0.15, 0.2) is 0 Å². The Labute approximate surface area is 348 Å². The summed E-state index contributed by atoms with van der Waals surface area (Å²) in [4.78, 5) is 0. The third-order valence-electron chi connectivity index (χ3n) is 9.21. The molecule has 10 nitrogen and oxygen atoms in total. The molecule has 324 valence electrons. The number of para-hydroxylation sites is 2. The monoisotopic (exact) mass is 844 g/mol. The summed E-state index contributed by atoms with van der Waals surface area (Å²) in [7, 11) is -8.37. The van der Waals surface area contributed by atoms with Crippen LogP contribution >= 0.6 is 0 Å². The van der Waals surface area contributed by atoms with Crippen molar-refractivity contribution in [1.29, 1.82) is 0 Å². The molecule has 4 aromatic carbocycles. The maximum Gasteiger partial charge on any atom is 0.271 e. The number of benzene rings is 4. The molecule has 4 aromatic rings. The summed E-state index contributed by atoms with van der Waals surface area (Å²) in [5.41, 5.74) is 2.48. The fraction of sp³-hybridized carbons (Fsp3) is 0.478. The van der Waals surface area contributed by atoms with Crippen LogP contribution in [0.4, 0.5) is 0 Å². The molecule has 58 heavy (non-hydrogen) atoms. The molecule has 0 aromatic heterocycles. The Kier molecular flexibility index (Phi) is 18.1. The minimum Gasteiger partial charge on any atom is -0.508 e. The number of rotatable bonds is 6. The van der Waals surface area contributed by atoms with E-state index in [4.69, 9.17) is 10.2 Å². The van der Waals surface area contributed by atoms with Crippen molar-refractivity contribution in [3.8, 4) is 23.0 Å². The van der Waals surface area contributed by atoms with Gasteiger partial charge in [-0.25, -0.2) is 0 Å². The normalized spacial score (nSPS) is 13.4. The van der Waals surface area contributed by atoms with Gasteiger partial charge in [0.25, 0.3) is 20.2 Å². The molecule has 2 unspecified atom stereocenters. The van der Waals surface area contributed by atoms with Crippen LogP contribution in [-0.2, 0) is 41.9 Å². The van der Waals surface area contributed by atoms with Gasteiger partial charge in [-0.05, 0) is 92.1 Å². The van der Waals surface area contributed by atoms with Gasteiger partial charge in [0.1, 0.15) is 33.5 Å². The van der Waals surface area contributed by atoms with Crippen molar-refractivity contribution in [3.63, 3.8) is 0 Å². The van der Waals surface area contributed by atoms with E-state index in [1.807, 2.05) is 95.2 Å². The summed E-state index contributed by atoms with van der Waals surface area (Å²) < 4.78 is 65.6. The van der Waals surface area contributed by atoms with Crippen LogP contribution in [0.2, 0.25) is 0 Å². The smallest absolute Gasteiger partial charge is 0.271 e. The average Bonchev–Trinajstić information content (AvgIpc) is 3.05. The molecular weight excluding hydrogens is 777 g/mol. The zero-order chi connectivity index (χ0) is 45.2. The Balaban J connectivity index is 0.000000434. The topological polar surface area (TPSA) is 190 Å². The summed E-state index contributed by atoms with van der Waals surface area (Å²) >= 11 is 0. The fourth-order valence-electron chi connectivity index (χ4n) is 6.06. The van der Waals surface area contributed by atoms with Crippen molar-refractivity contribution < 1.29 is 46.4 Å². The minimum absolute atomic E-state index is 0.203. The molecule has 0 saturated carbocycles. The highest BCUT2D eigenvalue weighted by Crippen LogP contribution is 2.43. The number of phenolic OH excluding ortho intramolecular Hbond substituents is 4. The summed E-state index contributed by atoms with van der Waals surface area (Å²) in [6, 6.07) is 24.2. The van der Waals surface area contributed by atoms with Crippen LogP contribution in [0.1, 0.15) is 154 Å². The largest absolute Gasteiger partial charge is 0.508 e. The highest BCUT2D eigenvalue weighted by atomic mass is 32.2. The summed E-state index contributed by atoms with van der Waals surface area (Å²) in [6.07, 6.45) is 0.549. The van der Waals surface area contributed by atoms with Gasteiger partial charge in [-0.15, -0.1) is 0 Å². The summed E-state index contributed by atoms with van der Waals surface area (Å²) in [5, 5.41) is 36.6. The highest BCUT2D eigenvalue weighted by Gasteiger charge is 2.32. The summed E-state index contributed by atoms with van der Waals surface area (Å²) in [5.74, 6) is 1.05. The van der Waals surface area contributed by atoms with Crippen LogP contribution < -0.4 is 0 Å². The standard InChI is InChI=1S/2C17H28O4S.2C6H6O/c2*1-8-14(22(19,20)21)11-9-12(16(2,3)4)15(18)13(10-11)17(5,6)7;2*7-6-4-2-1-3-5-6/h2*9-10,14,18H,8H2,1-7H3,(H,19,20,21);2*1-5,7H. The van der Waals surface area contributed by atoms with Crippen LogP contribution in [0.3, 0.4) is 0 Å². The maximum atomic E-state index is 11.7. The molecule has 0 amide bonds. The van der Waals surface area contributed by atoms with Gasteiger partial charge >= 0.3 is 0 Å². The van der Waals surface area contributed by atoms with E-state index >= 15 is 0 Å². The van der Waals surface area contributed by atoms with Gasteiger partial charge in [0.05, 0.1) is 0 Å². The van der Waals surface area contributed by atoms with Gasteiger partial charge in [0.2, 0.25) is 0 Å². The van der Waals surface area contributed by atoms with E-state index in [9.17, 15) is 36.2 Å². The maximum absolute atomic E-state index is 11.7. The molecular formula is C46H68O10S2. The van der Waals surface area contributed by atoms with E-state index in [0.29, 0.717) is 44.9 Å². The van der Waals surface area contributed by atoms with E-state index < -0.39 is 30.7 Å². The number of hydrogen-bond donors (Lipinski definition) is 6. The molecule has 2 atom stereocenters. The van der Waals surface area contributed by atoms with Crippen LogP contribution in [0.15, 0.2) is 84.9 Å². The lowest BCUT2D eigenvalue weighted by atomic mass is 9.78. The van der Waals surface area contributed by atoms with Crippen molar-refractivity contribution >= 4 is 20.2 Å². The zero-order valence-corrected chi connectivity index (χ0v) is 38.4. The second-order valence-electron chi connectivity index (χ2n) is 18.4. The van der Waals surface area contributed by atoms with Crippen LogP contribution in [0.25, 0.3) is 0 Å². The quantitative estimate of drug-likeness (QED) is 0.102. The van der Waals surface area contributed by atoms with Crippen molar-refractivity contribution in [2.45, 2.75) is 142 Å². The lowest BCUT2D eigenvalue weighted by molar-refractivity contribution is 0.421. The number of hydrogen-bond acceptors (Lipinski definition) is 8. The lowest BCUT2D eigenvalue weighted by Gasteiger charge is -2.29. The molecule has 0 saturated heterocycles. The van der Waals surface area contributed by atoms with Crippen molar-refractivity contribution in [1.82, 2.24) is 0 Å². The Morgan fingerprint density at radius 2 is 0.638 bits per heavy atom. The molecule has 4 rings (SSSR count). The van der Waals surface area contributed by atoms with Gasteiger partial charge < -0.3 is 20.4 Å². The molecule has 0 bridgehead atoms. The molecule has 0 spiro atoms. The predicted molar refractivity (Wildman–Crippen MR) is 236 cm³/mol. The van der Waals surface area contributed by atoms with Crippen LogP contribution in [0, 0.1) is 0 Å². The third-order valence-corrected chi connectivity index (χ3v) is 11.9. The molecule has 0 aliphatic heterocycles. The Bertz CT molecular complexity index is 1890. The van der Waals surface area contributed by atoms with E-state index in [1.165, 1.54) is 0 Å². The molecule has 12 heteroatoms. The first-order chi connectivity index (χ1) is 26.2. The Hall–Kier alpha value is -4.10. The van der Waals surface area contributed by atoms with E-state index in [1.54, 1.807) is 86.6 Å². The number of phenols is 4. The predicted octanol–water partition coefficient (Wildman–Crippen LogP) is 11.4. The lowest BCUT2D eigenvalue weighted by Crippen LogP contribution is -2.20. The van der Waals surface area contributed by atoms with Gasteiger partial charge in [-0.2, -0.15) is 16.8 Å². The number of aromatic hydroxyl groups is 4. The van der Waals surface area contributed by atoms with Crippen LogP contribution in [-0.4, -0.2) is 46.4 Å². The van der Waals surface area contributed by atoms with E-state index in [2.05, 4.69) is 0 Å². The molecule has 0 fully saturated rings. The van der Waals surface area contributed by atoms with Gasteiger partial charge in [-0.3, -0.25) is 9.11 Å². The minimum atomic E-state index is -4.19. The zero-order valence-electron chi connectivity index (χ0n) is 36.8. The first kappa shape index (κ1) is 51.9.